The second kappa shape index (κ2) is 5.50. The first-order valence-electron chi connectivity index (χ1n) is 7.81. The summed E-state index contributed by atoms with van der Waals surface area (Å²) in [4.78, 5) is 14.7. The van der Waals surface area contributed by atoms with E-state index in [1.54, 1.807) is 4.90 Å². The number of carbonyl (C=O) groups is 1. The van der Waals surface area contributed by atoms with Crippen molar-refractivity contribution >= 4 is 17.3 Å². The van der Waals surface area contributed by atoms with Gasteiger partial charge in [-0.2, -0.15) is 0 Å². The van der Waals surface area contributed by atoms with Gasteiger partial charge in [-0.3, -0.25) is 4.79 Å². The highest BCUT2D eigenvalue weighted by molar-refractivity contribution is 5.98. The van der Waals surface area contributed by atoms with Crippen LogP contribution in [0.25, 0.3) is 0 Å². The Morgan fingerprint density at radius 1 is 1.13 bits per heavy atom. The van der Waals surface area contributed by atoms with Crippen LogP contribution in [0, 0.1) is 0 Å². The van der Waals surface area contributed by atoms with Crippen LogP contribution in [0.5, 0.6) is 11.5 Å². The number of amides is 1. The van der Waals surface area contributed by atoms with E-state index in [4.69, 9.17) is 15.2 Å². The van der Waals surface area contributed by atoms with E-state index in [0.29, 0.717) is 18.0 Å². The molecule has 2 aliphatic heterocycles. The van der Waals surface area contributed by atoms with Gasteiger partial charge in [-0.05, 0) is 42.7 Å². The van der Waals surface area contributed by atoms with E-state index in [1.165, 1.54) is 0 Å². The summed E-state index contributed by atoms with van der Waals surface area (Å²) in [5, 5.41) is 0. The van der Waals surface area contributed by atoms with E-state index in [0.717, 1.165) is 29.8 Å². The monoisotopic (exact) mass is 310 g/mol. The smallest absolute Gasteiger partial charge is 0.271 e. The Balaban J connectivity index is 1.61. The first-order valence-corrected chi connectivity index (χ1v) is 7.81. The number of benzene rings is 2. The van der Waals surface area contributed by atoms with Gasteiger partial charge in [-0.1, -0.05) is 18.2 Å². The zero-order valence-electron chi connectivity index (χ0n) is 12.7. The molecule has 2 heterocycles. The molecule has 5 heteroatoms. The molecule has 23 heavy (non-hydrogen) atoms. The molecular weight excluding hydrogens is 292 g/mol. The van der Waals surface area contributed by atoms with Crippen LogP contribution in [0.15, 0.2) is 42.5 Å². The van der Waals surface area contributed by atoms with Gasteiger partial charge < -0.3 is 20.1 Å². The van der Waals surface area contributed by atoms with Crippen LogP contribution in [-0.4, -0.2) is 25.2 Å². The standard InChI is InChI=1S/C18H18N2O3/c19-13-6-3-7-14-12(13)5-4-10-20(14)18(21)17-11-22-15-8-1-2-9-16(15)23-17/h1-3,6-9,17H,4-5,10-11,19H2. The van der Waals surface area contributed by atoms with Crippen molar-refractivity contribution in [1.29, 1.82) is 0 Å². The Morgan fingerprint density at radius 3 is 2.83 bits per heavy atom. The van der Waals surface area contributed by atoms with Crippen LogP contribution < -0.4 is 20.1 Å². The predicted octanol–water partition coefficient (Wildman–Crippen LogP) is 2.39. The van der Waals surface area contributed by atoms with Gasteiger partial charge in [0.2, 0.25) is 6.10 Å². The zero-order valence-corrected chi connectivity index (χ0v) is 12.7. The number of ether oxygens (including phenoxy) is 2. The van der Waals surface area contributed by atoms with E-state index < -0.39 is 6.10 Å². The third kappa shape index (κ3) is 2.38. The molecule has 0 bridgehead atoms. The van der Waals surface area contributed by atoms with Crippen molar-refractivity contribution in [2.24, 2.45) is 0 Å². The largest absolute Gasteiger partial charge is 0.485 e. The van der Waals surface area contributed by atoms with Crippen molar-refractivity contribution in [2.45, 2.75) is 18.9 Å². The Hall–Kier alpha value is -2.69. The van der Waals surface area contributed by atoms with E-state index >= 15 is 0 Å². The molecule has 1 atom stereocenters. The molecule has 0 aliphatic carbocycles. The lowest BCUT2D eigenvalue weighted by atomic mass is 9.99. The minimum atomic E-state index is -0.628. The molecule has 5 nitrogen and oxygen atoms in total. The lowest BCUT2D eigenvalue weighted by Crippen LogP contribution is -2.48. The highest BCUT2D eigenvalue weighted by atomic mass is 16.6. The first kappa shape index (κ1) is 13.9. The SMILES string of the molecule is Nc1cccc2c1CCCN2C(=O)C1COc2ccccc2O1. The number of nitrogens with zero attached hydrogens (tertiary/aromatic N) is 1. The summed E-state index contributed by atoms with van der Waals surface area (Å²) in [7, 11) is 0. The average Bonchev–Trinajstić information content (AvgIpc) is 2.61. The molecule has 2 N–H and O–H groups in total. The molecule has 2 aromatic carbocycles. The third-order valence-electron chi connectivity index (χ3n) is 4.34. The van der Waals surface area contributed by atoms with Crippen LogP contribution in [0.1, 0.15) is 12.0 Å². The number of fused-ring (bicyclic) bond motifs is 2. The van der Waals surface area contributed by atoms with Crippen molar-refractivity contribution in [3.8, 4) is 11.5 Å². The molecule has 0 saturated heterocycles. The van der Waals surface area contributed by atoms with Crippen molar-refractivity contribution < 1.29 is 14.3 Å². The summed E-state index contributed by atoms with van der Waals surface area (Å²) in [5.41, 5.74) is 8.73. The number of hydrogen-bond acceptors (Lipinski definition) is 4. The van der Waals surface area contributed by atoms with Gasteiger partial charge in [0.25, 0.3) is 5.91 Å². The lowest BCUT2D eigenvalue weighted by Gasteiger charge is -2.34. The second-order valence-electron chi connectivity index (χ2n) is 5.80. The molecule has 0 radical (unpaired) electrons. The van der Waals surface area contributed by atoms with Crippen LogP contribution in [0.2, 0.25) is 0 Å². The number of carbonyl (C=O) groups excluding carboxylic acids is 1. The number of para-hydroxylation sites is 2. The number of hydrogen-bond donors (Lipinski definition) is 1. The maximum absolute atomic E-state index is 12.9. The molecule has 0 saturated carbocycles. The molecule has 2 aliphatic rings. The van der Waals surface area contributed by atoms with Crippen molar-refractivity contribution in [3.63, 3.8) is 0 Å². The molecule has 118 valence electrons. The summed E-state index contributed by atoms with van der Waals surface area (Å²) < 4.78 is 11.5. The van der Waals surface area contributed by atoms with Gasteiger partial charge in [0, 0.05) is 17.9 Å². The number of anilines is 2. The Kier molecular flexibility index (Phi) is 3.33. The van der Waals surface area contributed by atoms with Gasteiger partial charge in [0.1, 0.15) is 6.61 Å². The third-order valence-corrected chi connectivity index (χ3v) is 4.34. The van der Waals surface area contributed by atoms with Crippen LogP contribution in [0.3, 0.4) is 0 Å². The normalized spacial score (nSPS) is 19.1. The molecule has 0 aromatic heterocycles. The highest BCUT2D eigenvalue weighted by Crippen LogP contribution is 2.34. The van der Waals surface area contributed by atoms with Crippen molar-refractivity contribution in [1.82, 2.24) is 0 Å². The summed E-state index contributed by atoms with van der Waals surface area (Å²) in [6, 6.07) is 13.1. The topological polar surface area (TPSA) is 64.8 Å². The predicted molar refractivity (Wildman–Crippen MR) is 87.9 cm³/mol. The van der Waals surface area contributed by atoms with E-state index in [-0.39, 0.29) is 12.5 Å². The quantitative estimate of drug-likeness (QED) is 0.821. The van der Waals surface area contributed by atoms with Gasteiger partial charge in [-0.15, -0.1) is 0 Å². The highest BCUT2D eigenvalue weighted by Gasteiger charge is 2.33. The van der Waals surface area contributed by atoms with E-state index in [2.05, 4.69) is 0 Å². The van der Waals surface area contributed by atoms with Gasteiger partial charge >= 0.3 is 0 Å². The molecule has 4 rings (SSSR count). The number of nitrogen functional groups attached to an aromatic ring is 1. The lowest BCUT2D eigenvalue weighted by molar-refractivity contribution is -0.127. The van der Waals surface area contributed by atoms with Gasteiger partial charge in [-0.25, -0.2) is 0 Å². The summed E-state index contributed by atoms with van der Waals surface area (Å²) >= 11 is 0. The van der Waals surface area contributed by atoms with Crippen LogP contribution in [0.4, 0.5) is 11.4 Å². The molecule has 0 fully saturated rings. The first-order chi connectivity index (χ1) is 11.2. The number of nitrogens with two attached hydrogens (primary N) is 1. The van der Waals surface area contributed by atoms with Gasteiger partial charge in [0.15, 0.2) is 11.5 Å². The molecular formula is C18H18N2O3. The minimum absolute atomic E-state index is 0.0777. The number of rotatable bonds is 1. The zero-order chi connectivity index (χ0) is 15.8. The van der Waals surface area contributed by atoms with Crippen molar-refractivity contribution in [3.05, 3.63) is 48.0 Å². The molecule has 1 unspecified atom stereocenters. The van der Waals surface area contributed by atoms with Crippen LogP contribution >= 0.6 is 0 Å². The Bertz CT molecular complexity index is 760. The summed E-state index contributed by atoms with van der Waals surface area (Å²) in [6.07, 6.45) is 1.17. The maximum Gasteiger partial charge on any atom is 0.271 e. The van der Waals surface area contributed by atoms with E-state index in [1.807, 2.05) is 42.5 Å². The maximum atomic E-state index is 12.9. The molecule has 0 spiro atoms. The molecule has 2 aromatic rings. The fourth-order valence-electron chi connectivity index (χ4n) is 3.20. The van der Waals surface area contributed by atoms with E-state index in [9.17, 15) is 4.79 Å². The fourth-order valence-corrected chi connectivity index (χ4v) is 3.20. The van der Waals surface area contributed by atoms with Crippen molar-refractivity contribution in [2.75, 3.05) is 23.8 Å². The average molecular weight is 310 g/mol. The Labute approximate surface area is 134 Å². The fraction of sp³-hybridized carbons (Fsp3) is 0.278. The summed E-state index contributed by atoms with van der Waals surface area (Å²) in [6.45, 7) is 0.904. The van der Waals surface area contributed by atoms with Gasteiger partial charge in [0.05, 0.1) is 0 Å². The Morgan fingerprint density at radius 2 is 1.96 bits per heavy atom. The van der Waals surface area contributed by atoms with Crippen LogP contribution in [-0.2, 0) is 11.2 Å². The summed E-state index contributed by atoms with van der Waals surface area (Å²) in [5.74, 6) is 1.22. The minimum Gasteiger partial charge on any atom is -0.485 e. The molecule has 1 amide bonds. The second-order valence-corrected chi connectivity index (χ2v) is 5.80.